The molecule has 1 aromatic carbocycles. The fourth-order valence-corrected chi connectivity index (χ4v) is 2.59. The van der Waals surface area contributed by atoms with E-state index in [9.17, 15) is 4.39 Å². The molecule has 0 amide bonds. The average Bonchev–Trinajstić information content (AvgIpc) is 3.03. The van der Waals surface area contributed by atoms with E-state index in [1.807, 2.05) is 44.3 Å². The minimum Gasteiger partial charge on any atom is -0.357 e. The molecule has 0 radical (unpaired) electrons. The SMILES string of the molecule is CCNC(=NCc1ccccc1F)NCc1cn2c(C)cccc2n1.I. The molecule has 2 N–H and O–H groups in total. The van der Waals surface area contributed by atoms with Crippen LogP contribution in [0.25, 0.3) is 5.65 Å². The first-order chi connectivity index (χ1) is 12.2. The second kappa shape index (κ2) is 9.51. The van der Waals surface area contributed by atoms with Gasteiger partial charge in [-0.3, -0.25) is 0 Å². The maximum atomic E-state index is 13.7. The summed E-state index contributed by atoms with van der Waals surface area (Å²) in [5.74, 6) is 0.400. The molecule has 0 bridgehead atoms. The molecule has 0 aliphatic heterocycles. The molecule has 5 nitrogen and oxygen atoms in total. The van der Waals surface area contributed by atoms with Gasteiger partial charge in [0.1, 0.15) is 11.5 Å². The van der Waals surface area contributed by atoms with Crippen LogP contribution >= 0.6 is 24.0 Å². The summed E-state index contributed by atoms with van der Waals surface area (Å²) < 4.78 is 15.8. The van der Waals surface area contributed by atoms with Crippen LogP contribution in [0.3, 0.4) is 0 Å². The number of aliphatic imine (C=N–C) groups is 1. The highest BCUT2D eigenvalue weighted by molar-refractivity contribution is 14.0. The first kappa shape index (κ1) is 20.2. The highest BCUT2D eigenvalue weighted by atomic mass is 127. The third-order valence-electron chi connectivity index (χ3n) is 3.89. The molecule has 138 valence electrons. The summed E-state index contributed by atoms with van der Waals surface area (Å²) >= 11 is 0. The van der Waals surface area contributed by atoms with E-state index in [1.54, 1.807) is 12.1 Å². The lowest BCUT2D eigenvalue weighted by atomic mass is 10.2. The Bertz CT molecular complexity index is 891. The number of benzene rings is 1. The molecule has 0 fully saturated rings. The highest BCUT2D eigenvalue weighted by Crippen LogP contribution is 2.09. The Morgan fingerprint density at radius 1 is 1.15 bits per heavy atom. The van der Waals surface area contributed by atoms with Crippen LogP contribution < -0.4 is 10.6 Å². The van der Waals surface area contributed by atoms with E-state index in [-0.39, 0.29) is 36.3 Å². The number of rotatable bonds is 5. The lowest BCUT2D eigenvalue weighted by Crippen LogP contribution is -2.36. The first-order valence-electron chi connectivity index (χ1n) is 8.36. The molecular formula is C19H23FIN5. The number of halogens is 2. The van der Waals surface area contributed by atoms with Crippen molar-refractivity contribution in [2.24, 2.45) is 4.99 Å². The highest BCUT2D eigenvalue weighted by Gasteiger charge is 2.05. The first-order valence-corrected chi connectivity index (χ1v) is 8.36. The van der Waals surface area contributed by atoms with Gasteiger partial charge in [-0.2, -0.15) is 0 Å². The lowest BCUT2D eigenvalue weighted by molar-refractivity contribution is 0.610. The zero-order valence-electron chi connectivity index (χ0n) is 14.9. The third kappa shape index (κ3) is 4.94. The molecule has 2 heterocycles. The Morgan fingerprint density at radius 2 is 1.96 bits per heavy atom. The Labute approximate surface area is 169 Å². The van der Waals surface area contributed by atoms with Gasteiger partial charge < -0.3 is 15.0 Å². The van der Waals surface area contributed by atoms with Gasteiger partial charge in [0.05, 0.1) is 18.8 Å². The molecule has 3 rings (SSSR count). The van der Waals surface area contributed by atoms with E-state index in [0.29, 0.717) is 18.1 Å². The van der Waals surface area contributed by atoms with E-state index in [2.05, 4.69) is 25.0 Å². The van der Waals surface area contributed by atoms with Crippen molar-refractivity contribution >= 4 is 35.6 Å². The average molecular weight is 467 g/mol. The number of fused-ring (bicyclic) bond motifs is 1. The van der Waals surface area contributed by atoms with Crippen LogP contribution in [0.2, 0.25) is 0 Å². The smallest absolute Gasteiger partial charge is 0.191 e. The molecule has 0 saturated heterocycles. The number of nitrogens with zero attached hydrogens (tertiary/aromatic N) is 3. The van der Waals surface area contributed by atoms with Crippen LogP contribution in [0.1, 0.15) is 23.9 Å². The molecule has 3 aromatic rings. The topological polar surface area (TPSA) is 53.7 Å². The van der Waals surface area contributed by atoms with Gasteiger partial charge >= 0.3 is 0 Å². The molecule has 0 aliphatic rings. The molecule has 0 saturated carbocycles. The number of pyridine rings is 1. The number of hydrogen-bond donors (Lipinski definition) is 2. The summed E-state index contributed by atoms with van der Waals surface area (Å²) in [7, 11) is 0. The van der Waals surface area contributed by atoms with Crippen molar-refractivity contribution < 1.29 is 4.39 Å². The fraction of sp³-hybridized carbons (Fsp3) is 0.263. The van der Waals surface area contributed by atoms with Crippen molar-refractivity contribution in [1.82, 2.24) is 20.0 Å². The summed E-state index contributed by atoms with van der Waals surface area (Å²) in [5.41, 5.74) is 3.55. The Kier molecular flexibility index (Phi) is 7.38. The summed E-state index contributed by atoms with van der Waals surface area (Å²) in [6.07, 6.45) is 2.01. The molecule has 2 aromatic heterocycles. The summed E-state index contributed by atoms with van der Waals surface area (Å²) in [6.45, 7) is 5.60. The van der Waals surface area contributed by atoms with E-state index in [1.165, 1.54) is 6.07 Å². The van der Waals surface area contributed by atoms with Gasteiger partial charge in [0.2, 0.25) is 0 Å². The molecule has 0 unspecified atom stereocenters. The van der Waals surface area contributed by atoms with Gasteiger partial charge in [0.15, 0.2) is 5.96 Å². The molecular weight excluding hydrogens is 444 g/mol. The van der Waals surface area contributed by atoms with Crippen molar-refractivity contribution in [3.63, 3.8) is 0 Å². The maximum Gasteiger partial charge on any atom is 0.191 e. The second-order valence-electron chi connectivity index (χ2n) is 5.77. The van der Waals surface area contributed by atoms with Crippen LogP contribution in [-0.2, 0) is 13.1 Å². The zero-order chi connectivity index (χ0) is 17.6. The quantitative estimate of drug-likeness (QED) is 0.342. The molecule has 0 spiro atoms. The number of nitrogens with one attached hydrogen (secondary N) is 2. The van der Waals surface area contributed by atoms with E-state index in [0.717, 1.165) is 23.6 Å². The van der Waals surface area contributed by atoms with Crippen LogP contribution in [-0.4, -0.2) is 21.9 Å². The normalized spacial score (nSPS) is 11.3. The second-order valence-corrected chi connectivity index (χ2v) is 5.77. The van der Waals surface area contributed by atoms with Crippen molar-refractivity contribution in [2.75, 3.05) is 6.54 Å². The van der Waals surface area contributed by atoms with Crippen molar-refractivity contribution in [3.05, 3.63) is 71.4 Å². The molecule has 0 atom stereocenters. The number of aryl methyl sites for hydroxylation is 1. The van der Waals surface area contributed by atoms with Crippen LogP contribution in [0, 0.1) is 12.7 Å². The van der Waals surface area contributed by atoms with Crippen molar-refractivity contribution in [2.45, 2.75) is 26.9 Å². The standard InChI is InChI=1S/C19H22FN5.HI/c1-3-21-19(22-11-15-8-4-5-9-17(15)20)23-12-16-13-25-14(2)7-6-10-18(25)24-16;/h4-10,13H,3,11-12H2,1-2H3,(H2,21,22,23);1H. The minimum atomic E-state index is -0.238. The number of imidazole rings is 1. The van der Waals surface area contributed by atoms with Crippen LogP contribution in [0.4, 0.5) is 4.39 Å². The Morgan fingerprint density at radius 3 is 2.69 bits per heavy atom. The van der Waals surface area contributed by atoms with Gasteiger partial charge in [-0.25, -0.2) is 14.4 Å². The predicted molar refractivity (Wildman–Crippen MR) is 113 cm³/mol. The van der Waals surface area contributed by atoms with Gasteiger partial charge in [0.25, 0.3) is 0 Å². The van der Waals surface area contributed by atoms with Gasteiger partial charge in [-0.05, 0) is 32.0 Å². The monoisotopic (exact) mass is 467 g/mol. The van der Waals surface area contributed by atoms with Crippen LogP contribution in [0.15, 0.2) is 53.7 Å². The number of guanidine groups is 1. The minimum absolute atomic E-state index is 0. The van der Waals surface area contributed by atoms with E-state index >= 15 is 0 Å². The molecule has 26 heavy (non-hydrogen) atoms. The van der Waals surface area contributed by atoms with Crippen molar-refractivity contribution in [1.29, 1.82) is 0 Å². The lowest BCUT2D eigenvalue weighted by Gasteiger charge is -2.10. The third-order valence-corrected chi connectivity index (χ3v) is 3.89. The largest absolute Gasteiger partial charge is 0.357 e. The number of aromatic nitrogens is 2. The summed E-state index contributed by atoms with van der Waals surface area (Å²) in [6, 6.07) is 12.7. The fourth-order valence-electron chi connectivity index (χ4n) is 2.59. The predicted octanol–water partition coefficient (Wildman–Crippen LogP) is 3.66. The van der Waals surface area contributed by atoms with E-state index < -0.39 is 0 Å². The van der Waals surface area contributed by atoms with Gasteiger partial charge in [-0.1, -0.05) is 24.3 Å². The zero-order valence-corrected chi connectivity index (χ0v) is 17.2. The Hall–Kier alpha value is -2.16. The van der Waals surface area contributed by atoms with Crippen molar-refractivity contribution in [3.8, 4) is 0 Å². The summed E-state index contributed by atoms with van der Waals surface area (Å²) in [5, 5.41) is 6.42. The number of hydrogen-bond acceptors (Lipinski definition) is 2. The summed E-state index contributed by atoms with van der Waals surface area (Å²) in [4.78, 5) is 9.05. The van der Waals surface area contributed by atoms with Crippen LogP contribution in [0.5, 0.6) is 0 Å². The van der Waals surface area contributed by atoms with E-state index in [4.69, 9.17) is 0 Å². The molecule has 0 aliphatic carbocycles. The maximum absolute atomic E-state index is 13.7. The Balaban J connectivity index is 0.00000243. The molecule has 7 heteroatoms. The van der Waals surface area contributed by atoms with Gasteiger partial charge in [0, 0.05) is 24.0 Å². The van der Waals surface area contributed by atoms with Gasteiger partial charge in [-0.15, -0.1) is 24.0 Å².